The molecule has 7 heteroatoms. The van der Waals surface area contributed by atoms with Crippen LogP contribution in [0, 0.1) is 6.92 Å². The molecule has 0 amide bonds. The van der Waals surface area contributed by atoms with Gasteiger partial charge in [0.1, 0.15) is 0 Å². The van der Waals surface area contributed by atoms with Crippen molar-refractivity contribution in [1.82, 2.24) is 19.9 Å². The number of aryl methyl sites for hydroxylation is 1. The fraction of sp³-hybridized carbons (Fsp3) is 0.100. The Morgan fingerprint density at radius 1 is 0.963 bits per heavy atom. The van der Waals surface area contributed by atoms with Crippen LogP contribution in [0.2, 0.25) is 0 Å². The minimum absolute atomic E-state index is 0.224. The molecular formula is C20H18N4O2S. The van der Waals surface area contributed by atoms with Crippen molar-refractivity contribution in [3.8, 4) is 11.1 Å². The second-order valence-electron chi connectivity index (χ2n) is 6.28. The number of fused-ring (bicyclic) bond motifs is 1. The van der Waals surface area contributed by atoms with Crippen molar-refractivity contribution in [3.63, 3.8) is 0 Å². The highest BCUT2D eigenvalue weighted by molar-refractivity contribution is 7.89. The Bertz CT molecular complexity index is 1180. The number of aromatic nitrogens is 3. The Hall–Kier alpha value is -3.03. The molecule has 4 rings (SSSR count). The number of nitrogens with zero attached hydrogens (tertiary/aromatic N) is 2. The van der Waals surface area contributed by atoms with Crippen LogP contribution in [0.15, 0.2) is 71.9 Å². The maximum atomic E-state index is 12.5. The van der Waals surface area contributed by atoms with Gasteiger partial charge < -0.3 is 0 Å². The fourth-order valence-electron chi connectivity index (χ4n) is 2.91. The zero-order valence-corrected chi connectivity index (χ0v) is 15.5. The van der Waals surface area contributed by atoms with Gasteiger partial charge in [-0.2, -0.15) is 5.10 Å². The number of sulfonamides is 1. The third-order valence-corrected chi connectivity index (χ3v) is 5.88. The number of nitrogens with one attached hydrogen (secondary N) is 2. The Balaban J connectivity index is 1.55. The Labute approximate surface area is 157 Å². The second-order valence-corrected chi connectivity index (χ2v) is 8.05. The molecule has 2 aromatic heterocycles. The van der Waals surface area contributed by atoms with Crippen molar-refractivity contribution in [1.29, 1.82) is 0 Å². The van der Waals surface area contributed by atoms with Gasteiger partial charge in [0.15, 0.2) is 0 Å². The Morgan fingerprint density at radius 2 is 1.67 bits per heavy atom. The van der Waals surface area contributed by atoms with Crippen molar-refractivity contribution in [2.75, 3.05) is 0 Å². The van der Waals surface area contributed by atoms with Crippen LogP contribution in [0.4, 0.5) is 0 Å². The topological polar surface area (TPSA) is 87.7 Å². The number of aromatic amines is 1. The molecule has 0 aliphatic carbocycles. The summed E-state index contributed by atoms with van der Waals surface area (Å²) in [5.74, 6) is 0. The lowest BCUT2D eigenvalue weighted by atomic mass is 10.0. The van der Waals surface area contributed by atoms with Gasteiger partial charge in [0, 0.05) is 30.0 Å². The number of hydrogen-bond donors (Lipinski definition) is 2. The first-order valence-corrected chi connectivity index (χ1v) is 9.95. The number of hydrogen-bond acceptors (Lipinski definition) is 4. The summed E-state index contributed by atoms with van der Waals surface area (Å²) in [4.78, 5) is 4.16. The third-order valence-electron chi connectivity index (χ3n) is 4.46. The van der Waals surface area contributed by atoms with Crippen LogP contribution in [-0.4, -0.2) is 23.6 Å². The summed E-state index contributed by atoms with van der Waals surface area (Å²) < 4.78 is 27.6. The second kappa shape index (κ2) is 6.94. The lowest BCUT2D eigenvalue weighted by molar-refractivity contribution is 0.581. The maximum absolute atomic E-state index is 12.5. The normalized spacial score (nSPS) is 11.7. The van der Waals surface area contributed by atoms with E-state index in [2.05, 4.69) is 19.9 Å². The van der Waals surface area contributed by atoms with E-state index in [-0.39, 0.29) is 11.4 Å². The number of pyridine rings is 1. The highest BCUT2D eigenvalue weighted by Crippen LogP contribution is 2.25. The molecule has 2 N–H and O–H groups in total. The van der Waals surface area contributed by atoms with Crippen LogP contribution in [0.1, 0.15) is 11.3 Å². The van der Waals surface area contributed by atoms with Gasteiger partial charge in [-0.15, -0.1) is 0 Å². The van der Waals surface area contributed by atoms with Crippen LogP contribution >= 0.6 is 0 Å². The Morgan fingerprint density at radius 3 is 2.41 bits per heavy atom. The van der Waals surface area contributed by atoms with E-state index < -0.39 is 10.0 Å². The number of benzene rings is 2. The molecular weight excluding hydrogens is 360 g/mol. The predicted molar refractivity (Wildman–Crippen MR) is 105 cm³/mol. The maximum Gasteiger partial charge on any atom is 0.240 e. The first-order chi connectivity index (χ1) is 13.0. The molecule has 0 aliphatic heterocycles. The van der Waals surface area contributed by atoms with E-state index in [1.54, 1.807) is 36.7 Å². The molecule has 0 unspecified atom stereocenters. The van der Waals surface area contributed by atoms with Crippen molar-refractivity contribution in [3.05, 3.63) is 78.2 Å². The summed E-state index contributed by atoms with van der Waals surface area (Å²) in [6.45, 7) is 2.20. The van der Waals surface area contributed by atoms with E-state index >= 15 is 0 Å². The van der Waals surface area contributed by atoms with Crippen molar-refractivity contribution in [2.24, 2.45) is 0 Å². The molecule has 2 aromatic carbocycles. The summed E-state index contributed by atoms with van der Waals surface area (Å²) in [7, 11) is -3.58. The molecule has 0 aliphatic rings. The van der Waals surface area contributed by atoms with Gasteiger partial charge in [0.2, 0.25) is 10.0 Å². The Kier molecular flexibility index (Phi) is 4.47. The van der Waals surface area contributed by atoms with Crippen molar-refractivity contribution in [2.45, 2.75) is 18.4 Å². The highest BCUT2D eigenvalue weighted by atomic mass is 32.2. The lowest BCUT2D eigenvalue weighted by Gasteiger charge is -2.08. The van der Waals surface area contributed by atoms with Gasteiger partial charge in [0.25, 0.3) is 0 Å². The van der Waals surface area contributed by atoms with Crippen molar-refractivity contribution >= 4 is 20.9 Å². The van der Waals surface area contributed by atoms with Gasteiger partial charge in [-0.3, -0.25) is 10.1 Å². The summed E-state index contributed by atoms with van der Waals surface area (Å²) in [5.41, 5.74) is 4.69. The van der Waals surface area contributed by atoms with E-state index in [1.165, 1.54) is 0 Å². The van der Waals surface area contributed by atoms with Gasteiger partial charge in [-0.1, -0.05) is 24.3 Å². The number of H-pyrrole nitrogens is 1. The minimum Gasteiger partial charge on any atom is -0.282 e. The monoisotopic (exact) mass is 378 g/mol. The SMILES string of the molecule is Cc1[nH]nc2cc(-c3ccc(S(=O)(=O)NCc4ccncc4)cc3)ccc12. The average Bonchev–Trinajstić information content (AvgIpc) is 3.08. The first-order valence-electron chi connectivity index (χ1n) is 8.47. The molecule has 4 aromatic rings. The largest absolute Gasteiger partial charge is 0.282 e. The molecule has 0 saturated carbocycles. The molecule has 27 heavy (non-hydrogen) atoms. The predicted octanol–water partition coefficient (Wildman–Crippen LogP) is 3.41. The standard InChI is InChI=1S/C20H18N4O2S/c1-14-19-7-4-17(12-20(19)24-23-14)16-2-5-18(6-3-16)27(25,26)22-13-15-8-10-21-11-9-15/h2-12,22H,13H2,1H3,(H,23,24). The summed E-state index contributed by atoms with van der Waals surface area (Å²) in [6.07, 6.45) is 3.27. The molecule has 0 atom stereocenters. The zero-order valence-electron chi connectivity index (χ0n) is 14.7. The van der Waals surface area contributed by atoms with Crippen LogP contribution in [0.5, 0.6) is 0 Å². The molecule has 0 spiro atoms. The molecule has 6 nitrogen and oxygen atoms in total. The summed E-state index contributed by atoms with van der Waals surface area (Å²) in [6, 6.07) is 16.4. The van der Waals surface area contributed by atoms with Crippen LogP contribution in [0.3, 0.4) is 0 Å². The lowest BCUT2D eigenvalue weighted by Crippen LogP contribution is -2.23. The quantitative estimate of drug-likeness (QED) is 0.557. The highest BCUT2D eigenvalue weighted by Gasteiger charge is 2.14. The molecule has 136 valence electrons. The molecule has 0 radical (unpaired) electrons. The van der Waals surface area contributed by atoms with E-state index in [4.69, 9.17) is 0 Å². The van der Waals surface area contributed by atoms with Gasteiger partial charge in [0.05, 0.1) is 10.4 Å². The number of rotatable bonds is 5. The molecule has 0 saturated heterocycles. The summed E-state index contributed by atoms with van der Waals surface area (Å²) >= 11 is 0. The smallest absolute Gasteiger partial charge is 0.240 e. The zero-order chi connectivity index (χ0) is 18.9. The molecule has 2 heterocycles. The van der Waals surface area contributed by atoms with E-state index in [9.17, 15) is 8.42 Å². The minimum atomic E-state index is -3.58. The van der Waals surface area contributed by atoms with Crippen LogP contribution in [-0.2, 0) is 16.6 Å². The van der Waals surface area contributed by atoms with Gasteiger partial charge >= 0.3 is 0 Å². The summed E-state index contributed by atoms with van der Waals surface area (Å²) in [5, 5.41) is 8.33. The van der Waals surface area contributed by atoms with Gasteiger partial charge in [-0.25, -0.2) is 13.1 Å². The van der Waals surface area contributed by atoms with Gasteiger partial charge in [-0.05, 0) is 53.9 Å². The molecule has 0 fully saturated rings. The first kappa shape index (κ1) is 17.4. The van der Waals surface area contributed by atoms with Crippen LogP contribution < -0.4 is 4.72 Å². The van der Waals surface area contributed by atoms with Crippen molar-refractivity contribution < 1.29 is 8.42 Å². The average molecular weight is 378 g/mol. The molecule has 0 bridgehead atoms. The van der Waals surface area contributed by atoms with Crippen LogP contribution in [0.25, 0.3) is 22.0 Å². The fourth-order valence-corrected chi connectivity index (χ4v) is 3.93. The van der Waals surface area contributed by atoms with E-state index in [0.29, 0.717) is 0 Å². The third kappa shape index (κ3) is 3.60. The van der Waals surface area contributed by atoms with E-state index in [0.717, 1.165) is 33.3 Å². The van der Waals surface area contributed by atoms with E-state index in [1.807, 2.05) is 37.3 Å².